The monoisotopic (exact) mass is 253 g/mol. The van der Waals surface area contributed by atoms with Crippen LogP contribution >= 0.6 is 11.8 Å². The smallest absolute Gasteiger partial charge is 0.357 e. The summed E-state index contributed by atoms with van der Waals surface area (Å²) in [7, 11) is 2.52. The molecule has 0 amide bonds. The maximum absolute atomic E-state index is 11.6. The first-order valence-corrected chi connectivity index (χ1v) is 5.99. The number of hydrogen-bond donors (Lipinski definition) is 0. The van der Waals surface area contributed by atoms with E-state index in [9.17, 15) is 9.59 Å². The molecule has 0 radical (unpaired) electrons. The van der Waals surface area contributed by atoms with Gasteiger partial charge in [-0.1, -0.05) is 0 Å². The normalized spacial score (nSPS) is 13.1. The number of aryl methyl sites for hydroxylation is 1. The van der Waals surface area contributed by atoms with Crippen LogP contribution in [0.15, 0.2) is 11.1 Å². The standard InChI is InChI=1S/C11H11NO4S/c1-15-10(13)7-5-6-3-4-17-9(6)12-8(7)11(14)16-2/h5H,3-4H2,1-2H3. The molecule has 0 atom stereocenters. The van der Waals surface area contributed by atoms with Gasteiger partial charge in [0.2, 0.25) is 0 Å². The fourth-order valence-corrected chi connectivity index (χ4v) is 2.64. The van der Waals surface area contributed by atoms with Gasteiger partial charge in [-0.15, -0.1) is 11.8 Å². The lowest BCUT2D eigenvalue weighted by molar-refractivity contribution is 0.0549. The van der Waals surface area contributed by atoms with E-state index in [4.69, 9.17) is 0 Å². The zero-order valence-electron chi connectivity index (χ0n) is 9.48. The molecule has 0 unspecified atom stereocenters. The molecule has 17 heavy (non-hydrogen) atoms. The Hall–Kier alpha value is -1.56. The molecule has 1 aliphatic rings. The molecule has 2 rings (SSSR count). The van der Waals surface area contributed by atoms with E-state index in [1.165, 1.54) is 14.2 Å². The van der Waals surface area contributed by atoms with E-state index < -0.39 is 11.9 Å². The van der Waals surface area contributed by atoms with Crippen LogP contribution in [0, 0.1) is 0 Å². The van der Waals surface area contributed by atoms with Crippen molar-refractivity contribution in [2.75, 3.05) is 20.0 Å². The van der Waals surface area contributed by atoms with Crippen LogP contribution < -0.4 is 0 Å². The second-order valence-electron chi connectivity index (χ2n) is 3.43. The van der Waals surface area contributed by atoms with Crippen molar-refractivity contribution >= 4 is 23.7 Å². The third-order valence-electron chi connectivity index (χ3n) is 2.46. The quantitative estimate of drug-likeness (QED) is 0.740. The lowest BCUT2D eigenvalue weighted by Crippen LogP contribution is -2.15. The first-order valence-electron chi connectivity index (χ1n) is 5.00. The molecule has 0 spiro atoms. The number of ether oxygens (including phenoxy) is 2. The van der Waals surface area contributed by atoms with E-state index in [0.717, 1.165) is 22.8 Å². The van der Waals surface area contributed by atoms with E-state index in [-0.39, 0.29) is 11.3 Å². The highest BCUT2D eigenvalue weighted by Gasteiger charge is 2.25. The predicted molar refractivity (Wildman–Crippen MR) is 61.3 cm³/mol. The van der Waals surface area contributed by atoms with Crippen LogP contribution in [-0.2, 0) is 15.9 Å². The van der Waals surface area contributed by atoms with Gasteiger partial charge in [0.1, 0.15) is 5.03 Å². The van der Waals surface area contributed by atoms with E-state index in [1.807, 2.05) is 0 Å². The molecule has 5 nitrogen and oxygen atoms in total. The number of nitrogens with zero attached hydrogens (tertiary/aromatic N) is 1. The molecular formula is C11H11NO4S. The van der Waals surface area contributed by atoms with Crippen molar-refractivity contribution in [2.45, 2.75) is 11.4 Å². The van der Waals surface area contributed by atoms with Crippen molar-refractivity contribution in [2.24, 2.45) is 0 Å². The fourth-order valence-electron chi connectivity index (χ4n) is 1.62. The average Bonchev–Trinajstić information content (AvgIpc) is 2.82. The second kappa shape index (κ2) is 4.75. The predicted octanol–water partition coefficient (Wildman–Crippen LogP) is 1.30. The van der Waals surface area contributed by atoms with Gasteiger partial charge >= 0.3 is 11.9 Å². The summed E-state index contributed by atoms with van der Waals surface area (Å²) in [5.41, 5.74) is 1.16. The lowest BCUT2D eigenvalue weighted by atomic mass is 10.1. The summed E-state index contributed by atoms with van der Waals surface area (Å²) >= 11 is 1.57. The van der Waals surface area contributed by atoms with Crippen molar-refractivity contribution in [1.29, 1.82) is 0 Å². The minimum absolute atomic E-state index is 0.0208. The SMILES string of the molecule is COC(=O)c1cc2c(nc1C(=O)OC)SCC2. The van der Waals surface area contributed by atoms with Gasteiger partial charge < -0.3 is 9.47 Å². The highest BCUT2D eigenvalue weighted by Crippen LogP contribution is 2.31. The number of esters is 2. The summed E-state index contributed by atoms with van der Waals surface area (Å²) in [5.74, 6) is -0.286. The largest absolute Gasteiger partial charge is 0.465 e. The first kappa shape index (κ1) is 11.9. The van der Waals surface area contributed by atoms with Crippen LogP contribution in [0.4, 0.5) is 0 Å². The van der Waals surface area contributed by atoms with E-state index in [2.05, 4.69) is 14.5 Å². The van der Waals surface area contributed by atoms with Gasteiger partial charge in [0.05, 0.1) is 19.8 Å². The van der Waals surface area contributed by atoms with Crippen LogP contribution in [0.2, 0.25) is 0 Å². The highest BCUT2D eigenvalue weighted by molar-refractivity contribution is 7.99. The maximum atomic E-state index is 11.6. The zero-order chi connectivity index (χ0) is 12.4. The number of thioether (sulfide) groups is 1. The fraction of sp³-hybridized carbons (Fsp3) is 0.364. The Morgan fingerprint density at radius 3 is 2.65 bits per heavy atom. The topological polar surface area (TPSA) is 65.5 Å². The average molecular weight is 253 g/mol. The number of carbonyl (C=O) groups is 2. The third kappa shape index (κ3) is 2.12. The molecule has 0 bridgehead atoms. The number of hydrogen-bond acceptors (Lipinski definition) is 6. The van der Waals surface area contributed by atoms with Gasteiger partial charge in [-0.3, -0.25) is 0 Å². The summed E-state index contributed by atoms with van der Waals surface area (Å²) in [6.45, 7) is 0. The molecule has 0 saturated heterocycles. The minimum Gasteiger partial charge on any atom is -0.465 e. The summed E-state index contributed by atoms with van der Waals surface area (Å²) in [6, 6.07) is 1.67. The van der Waals surface area contributed by atoms with E-state index in [0.29, 0.717) is 0 Å². The number of carbonyl (C=O) groups excluding carboxylic acids is 2. The van der Waals surface area contributed by atoms with Gasteiger partial charge in [0.25, 0.3) is 0 Å². The van der Waals surface area contributed by atoms with Crippen LogP contribution in [0.5, 0.6) is 0 Å². The molecule has 0 aromatic carbocycles. The van der Waals surface area contributed by atoms with Crippen LogP contribution in [0.25, 0.3) is 0 Å². The van der Waals surface area contributed by atoms with Gasteiger partial charge in [-0.25, -0.2) is 14.6 Å². The van der Waals surface area contributed by atoms with Gasteiger partial charge in [0, 0.05) is 5.75 Å². The summed E-state index contributed by atoms with van der Waals surface area (Å²) in [4.78, 5) is 27.3. The highest BCUT2D eigenvalue weighted by atomic mass is 32.2. The Morgan fingerprint density at radius 1 is 1.29 bits per heavy atom. The molecule has 1 aromatic rings. The number of pyridine rings is 1. The van der Waals surface area contributed by atoms with Crippen LogP contribution in [0.1, 0.15) is 26.4 Å². The Bertz CT molecular complexity index is 444. The molecule has 90 valence electrons. The number of aromatic nitrogens is 1. The molecular weight excluding hydrogens is 242 g/mol. The maximum Gasteiger partial charge on any atom is 0.357 e. The molecule has 0 saturated carbocycles. The molecule has 0 fully saturated rings. The lowest BCUT2D eigenvalue weighted by Gasteiger charge is -2.07. The van der Waals surface area contributed by atoms with E-state index in [1.54, 1.807) is 17.8 Å². The number of methoxy groups -OCH3 is 2. The van der Waals surface area contributed by atoms with Crippen molar-refractivity contribution in [3.63, 3.8) is 0 Å². The Kier molecular flexibility index (Phi) is 3.33. The molecule has 1 aliphatic heterocycles. The van der Waals surface area contributed by atoms with Gasteiger partial charge in [-0.2, -0.15) is 0 Å². The van der Waals surface area contributed by atoms with Crippen LogP contribution in [-0.4, -0.2) is 36.9 Å². The number of fused-ring (bicyclic) bond motifs is 1. The van der Waals surface area contributed by atoms with Crippen molar-refractivity contribution in [3.8, 4) is 0 Å². The summed E-state index contributed by atoms with van der Waals surface area (Å²) < 4.78 is 9.25. The molecule has 6 heteroatoms. The third-order valence-corrected chi connectivity index (χ3v) is 3.49. The Balaban J connectivity index is 2.54. The zero-order valence-corrected chi connectivity index (χ0v) is 10.3. The van der Waals surface area contributed by atoms with Crippen molar-refractivity contribution in [3.05, 3.63) is 22.9 Å². The summed E-state index contributed by atoms with van der Waals surface area (Å²) in [6.07, 6.45) is 0.846. The second-order valence-corrected chi connectivity index (χ2v) is 4.51. The molecule has 2 heterocycles. The number of rotatable bonds is 2. The molecule has 0 aliphatic carbocycles. The van der Waals surface area contributed by atoms with Crippen LogP contribution in [0.3, 0.4) is 0 Å². The van der Waals surface area contributed by atoms with Crippen molar-refractivity contribution < 1.29 is 19.1 Å². The first-order chi connectivity index (χ1) is 8.17. The van der Waals surface area contributed by atoms with Crippen molar-refractivity contribution in [1.82, 2.24) is 4.98 Å². The molecule has 1 aromatic heterocycles. The molecule has 0 N–H and O–H groups in total. The Morgan fingerprint density at radius 2 is 2.00 bits per heavy atom. The Labute approximate surface area is 103 Å². The van der Waals surface area contributed by atoms with E-state index >= 15 is 0 Å². The van der Waals surface area contributed by atoms with Gasteiger partial charge in [-0.05, 0) is 18.1 Å². The minimum atomic E-state index is -0.624. The summed E-state index contributed by atoms with van der Waals surface area (Å²) in [5, 5.41) is 0.790. The van der Waals surface area contributed by atoms with Gasteiger partial charge in [0.15, 0.2) is 5.69 Å².